The van der Waals surface area contributed by atoms with E-state index in [1.165, 1.54) is 18.2 Å². The molecule has 3 rings (SSSR count). The third-order valence-corrected chi connectivity index (χ3v) is 5.77. The van der Waals surface area contributed by atoms with Gasteiger partial charge in [0.1, 0.15) is 5.69 Å². The molecule has 0 unspecified atom stereocenters. The standard InChI is InChI=1S/C17H14BrNO4S/c1-2-23-17(20)16-11-12-5-3-4-6-15(12)19(16)24(21,22)14-9-7-13(18)8-10-14/h3-11H,2H2,1H3. The topological polar surface area (TPSA) is 65.4 Å². The number of para-hydroxylation sites is 1. The number of rotatable bonds is 4. The first-order chi connectivity index (χ1) is 11.4. The lowest BCUT2D eigenvalue weighted by Crippen LogP contribution is -2.19. The summed E-state index contributed by atoms with van der Waals surface area (Å²) in [5.41, 5.74) is 0.421. The minimum atomic E-state index is -3.94. The molecule has 0 aliphatic carbocycles. The van der Waals surface area contributed by atoms with Gasteiger partial charge in [0.2, 0.25) is 0 Å². The van der Waals surface area contributed by atoms with Crippen LogP contribution in [-0.2, 0) is 14.8 Å². The predicted molar refractivity (Wildman–Crippen MR) is 94.6 cm³/mol. The number of nitrogens with zero attached hydrogens (tertiary/aromatic N) is 1. The van der Waals surface area contributed by atoms with Crippen LogP contribution < -0.4 is 0 Å². The smallest absolute Gasteiger partial charge is 0.356 e. The number of hydrogen-bond acceptors (Lipinski definition) is 4. The van der Waals surface area contributed by atoms with Gasteiger partial charge in [-0.2, -0.15) is 0 Å². The van der Waals surface area contributed by atoms with E-state index < -0.39 is 16.0 Å². The van der Waals surface area contributed by atoms with Gasteiger partial charge in [0.15, 0.2) is 0 Å². The maximum absolute atomic E-state index is 13.1. The van der Waals surface area contributed by atoms with Crippen LogP contribution in [0.3, 0.4) is 0 Å². The highest BCUT2D eigenvalue weighted by molar-refractivity contribution is 9.10. The molecule has 0 bridgehead atoms. The Morgan fingerprint density at radius 3 is 2.46 bits per heavy atom. The molecule has 0 saturated heterocycles. The zero-order valence-electron chi connectivity index (χ0n) is 12.8. The fourth-order valence-corrected chi connectivity index (χ4v) is 4.21. The zero-order valence-corrected chi connectivity index (χ0v) is 15.2. The van der Waals surface area contributed by atoms with Crippen molar-refractivity contribution in [1.29, 1.82) is 0 Å². The Bertz CT molecular complexity index is 1010. The molecule has 7 heteroatoms. The molecule has 124 valence electrons. The summed E-state index contributed by atoms with van der Waals surface area (Å²) in [4.78, 5) is 12.3. The molecule has 0 atom stereocenters. The van der Waals surface area contributed by atoms with Gasteiger partial charge in [-0.25, -0.2) is 17.2 Å². The largest absolute Gasteiger partial charge is 0.461 e. The van der Waals surface area contributed by atoms with Gasteiger partial charge in [0.05, 0.1) is 17.0 Å². The number of hydrogen-bond donors (Lipinski definition) is 0. The summed E-state index contributed by atoms with van der Waals surface area (Å²) in [6.45, 7) is 1.84. The number of esters is 1. The zero-order chi connectivity index (χ0) is 17.3. The summed E-state index contributed by atoms with van der Waals surface area (Å²) in [5.74, 6) is -0.672. The lowest BCUT2D eigenvalue weighted by atomic mass is 10.2. The maximum Gasteiger partial charge on any atom is 0.356 e. The fraction of sp³-hybridized carbons (Fsp3) is 0.118. The summed E-state index contributed by atoms with van der Waals surface area (Å²) in [5, 5.41) is 0.654. The van der Waals surface area contributed by atoms with Crippen molar-refractivity contribution in [2.45, 2.75) is 11.8 Å². The van der Waals surface area contributed by atoms with Crippen molar-refractivity contribution in [2.24, 2.45) is 0 Å². The van der Waals surface area contributed by atoms with Crippen LogP contribution in [-0.4, -0.2) is 25.0 Å². The van der Waals surface area contributed by atoms with E-state index in [1.54, 1.807) is 43.3 Å². The third-order valence-electron chi connectivity index (χ3n) is 3.50. The van der Waals surface area contributed by atoms with Gasteiger partial charge in [-0.1, -0.05) is 34.1 Å². The normalized spacial score (nSPS) is 11.6. The number of carbonyl (C=O) groups excluding carboxylic acids is 1. The Hall–Kier alpha value is -2.12. The molecule has 5 nitrogen and oxygen atoms in total. The molecule has 0 aliphatic heterocycles. The van der Waals surface area contributed by atoms with Gasteiger partial charge in [-0.15, -0.1) is 0 Å². The Labute approximate surface area is 148 Å². The molecule has 0 N–H and O–H groups in total. The number of halogens is 1. The Morgan fingerprint density at radius 2 is 1.79 bits per heavy atom. The number of carbonyl (C=O) groups is 1. The molecule has 0 radical (unpaired) electrons. The molecule has 0 fully saturated rings. The van der Waals surface area contributed by atoms with E-state index >= 15 is 0 Å². The number of benzene rings is 2. The van der Waals surface area contributed by atoms with Crippen LogP contribution in [0.15, 0.2) is 64.0 Å². The average Bonchev–Trinajstić information content (AvgIpc) is 2.96. The summed E-state index contributed by atoms with van der Waals surface area (Å²) in [7, 11) is -3.94. The second kappa shape index (κ2) is 6.41. The van der Waals surface area contributed by atoms with Crippen molar-refractivity contribution in [3.8, 4) is 0 Å². The first-order valence-electron chi connectivity index (χ1n) is 7.24. The van der Waals surface area contributed by atoms with E-state index in [1.807, 2.05) is 0 Å². The summed E-state index contributed by atoms with van der Waals surface area (Å²) >= 11 is 3.28. The van der Waals surface area contributed by atoms with Crippen molar-refractivity contribution in [2.75, 3.05) is 6.61 Å². The molecule has 1 aromatic heterocycles. The SMILES string of the molecule is CCOC(=O)c1cc2ccccc2n1S(=O)(=O)c1ccc(Br)cc1. The van der Waals surface area contributed by atoms with E-state index in [9.17, 15) is 13.2 Å². The van der Waals surface area contributed by atoms with Gasteiger partial charge in [0, 0.05) is 9.86 Å². The lowest BCUT2D eigenvalue weighted by Gasteiger charge is -2.11. The maximum atomic E-state index is 13.1. The van der Waals surface area contributed by atoms with E-state index in [0.717, 1.165) is 8.45 Å². The van der Waals surface area contributed by atoms with Crippen LogP contribution >= 0.6 is 15.9 Å². The predicted octanol–water partition coefficient (Wildman–Crippen LogP) is 3.82. The molecule has 0 aliphatic rings. The van der Waals surface area contributed by atoms with Crippen molar-refractivity contribution >= 4 is 42.8 Å². The van der Waals surface area contributed by atoms with Crippen molar-refractivity contribution in [1.82, 2.24) is 3.97 Å². The number of fused-ring (bicyclic) bond motifs is 1. The first kappa shape index (κ1) is 16.7. The van der Waals surface area contributed by atoms with Crippen LogP contribution in [0.4, 0.5) is 0 Å². The highest BCUT2D eigenvalue weighted by Gasteiger charge is 2.26. The Balaban J connectivity index is 2.29. The molecule has 1 heterocycles. The molecule has 0 amide bonds. The Kier molecular flexibility index (Phi) is 4.47. The summed E-state index contributed by atoms with van der Waals surface area (Å²) < 4.78 is 33.0. The second-order valence-electron chi connectivity index (χ2n) is 5.03. The highest BCUT2D eigenvalue weighted by Crippen LogP contribution is 2.27. The van der Waals surface area contributed by atoms with E-state index in [2.05, 4.69) is 15.9 Å². The van der Waals surface area contributed by atoms with Gasteiger partial charge in [0.25, 0.3) is 10.0 Å². The molecule has 2 aromatic carbocycles. The van der Waals surface area contributed by atoms with Crippen LogP contribution in [0.25, 0.3) is 10.9 Å². The van der Waals surface area contributed by atoms with E-state index in [-0.39, 0.29) is 17.2 Å². The summed E-state index contributed by atoms with van der Waals surface area (Å²) in [6, 6.07) is 14.7. The van der Waals surface area contributed by atoms with Crippen LogP contribution in [0.2, 0.25) is 0 Å². The van der Waals surface area contributed by atoms with Crippen LogP contribution in [0.1, 0.15) is 17.4 Å². The average molecular weight is 408 g/mol. The molecule has 0 spiro atoms. The highest BCUT2D eigenvalue weighted by atomic mass is 79.9. The molecule has 0 saturated carbocycles. The quantitative estimate of drug-likeness (QED) is 0.616. The molecule has 24 heavy (non-hydrogen) atoms. The van der Waals surface area contributed by atoms with Crippen LogP contribution in [0.5, 0.6) is 0 Å². The summed E-state index contributed by atoms with van der Waals surface area (Å²) in [6.07, 6.45) is 0. The van der Waals surface area contributed by atoms with Gasteiger partial charge >= 0.3 is 5.97 Å². The first-order valence-corrected chi connectivity index (χ1v) is 9.47. The van der Waals surface area contributed by atoms with E-state index in [0.29, 0.717) is 10.9 Å². The number of ether oxygens (including phenoxy) is 1. The minimum Gasteiger partial charge on any atom is -0.461 e. The molecular weight excluding hydrogens is 394 g/mol. The van der Waals surface area contributed by atoms with Crippen molar-refractivity contribution in [3.05, 3.63) is 64.8 Å². The van der Waals surface area contributed by atoms with E-state index in [4.69, 9.17) is 4.74 Å². The lowest BCUT2D eigenvalue weighted by molar-refractivity contribution is 0.0518. The van der Waals surface area contributed by atoms with Crippen LogP contribution in [0, 0.1) is 0 Å². The second-order valence-corrected chi connectivity index (χ2v) is 7.73. The Morgan fingerprint density at radius 1 is 1.12 bits per heavy atom. The number of aromatic nitrogens is 1. The van der Waals surface area contributed by atoms with Gasteiger partial charge in [-0.3, -0.25) is 0 Å². The van der Waals surface area contributed by atoms with Gasteiger partial charge in [-0.05, 0) is 43.3 Å². The monoisotopic (exact) mass is 407 g/mol. The fourth-order valence-electron chi connectivity index (χ4n) is 2.45. The van der Waals surface area contributed by atoms with Crippen molar-refractivity contribution < 1.29 is 17.9 Å². The van der Waals surface area contributed by atoms with Crippen molar-refractivity contribution in [3.63, 3.8) is 0 Å². The molecule has 3 aromatic rings. The third kappa shape index (κ3) is 2.85. The molecular formula is C17H14BrNO4S. The van der Waals surface area contributed by atoms with Gasteiger partial charge < -0.3 is 4.74 Å². The minimum absolute atomic E-state index is 0.0130.